The third-order valence-electron chi connectivity index (χ3n) is 4.97. The summed E-state index contributed by atoms with van der Waals surface area (Å²) in [5.41, 5.74) is 2.12. The molecule has 7 nitrogen and oxygen atoms in total. The molecule has 31 heavy (non-hydrogen) atoms. The number of benzene rings is 3. The Bertz CT molecular complexity index is 1180. The number of nitrogens with zero attached hydrogens (tertiary/aromatic N) is 4. The zero-order valence-electron chi connectivity index (χ0n) is 17.4. The number of fused-ring (bicyclic) bond motifs is 1. The van der Waals surface area contributed by atoms with E-state index in [0.717, 1.165) is 22.3 Å². The highest BCUT2D eigenvalue weighted by Crippen LogP contribution is 2.21. The van der Waals surface area contributed by atoms with Crippen LogP contribution >= 0.6 is 11.8 Å². The van der Waals surface area contributed by atoms with Crippen LogP contribution in [0.5, 0.6) is 5.75 Å². The predicted octanol–water partition coefficient (Wildman–Crippen LogP) is 3.85. The number of amides is 1. The molecule has 158 valence electrons. The van der Waals surface area contributed by atoms with E-state index >= 15 is 0 Å². The van der Waals surface area contributed by atoms with Gasteiger partial charge in [-0.15, -0.1) is 5.10 Å². The SMILES string of the molecule is COc1ccc(Cn2nnnc2SCC(=O)NC(C)c2ccc3ccccc3c2)cc1. The van der Waals surface area contributed by atoms with Gasteiger partial charge >= 0.3 is 0 Å². The van der Waals surface area contributed by atoms with Crippen LogP contribution in [0.4, 0.5) is 0 Å². The fourth-order valence-corrected chi connectivity index (χ4v) is 3.96. The highest BCUT2D eigenvalue weighted by molar-refractivity contribution is 7.99. The quantitative estimate of drug-likeness (QED) is 0.425. The van der Waals surface area contributed by atoms with E-state index in [2.05, 4.69) is 51.2 Å². The van der Waals surface area contributed by atoms with Crippen LogP contribution in [0.2, 0.25) is 0 Å². The van der Waals surface area contributed by atoms with Crippen LogP contribution in [-0.2, 0) is 11.3 Å². The van der Waals surface area contributed by atoms with E-state index in [4.69, 9.17) is 4.74 Å². The Morgan fingerprint density at radius 3 is 2.65 bits per heavy atom. The first-order valence-electron chi connectivity index (χ1n) is 9.92. The Balaban J connectivity index is 1.33. The summed E-state index contributed by atoms with van der Waals surface area (Å²) in [4.78, 5) is 12.5. The van der Waals surface area contributed by atoms with Crippen molar-refractivity contribution in [3.8, 4) is 5.75 Å². The molecule has 4 aromatic rings. The predicted molar refractivity (Wildman–Crippen MR) is 121 cm³/mol. The number of aromatic nitrogens is 4. The van der Waals surface area contributed by atoms with Gasteiger partial charge < -0.3 is 10.1 Å². The zero-order chi connectivity index (χ0) is 21.6. The monoisotopic (exact) mass is 433 g/mol. The summed E-state index contributed by atoms with van der Waals surface area (Å²) < 4.78 is 6.87. The zero-order valence-corrected chi connectivity index (χ0v) is 18.2. The second-order valence-corrected chi connectivity index (χ2v) is 8.09. The highest BCUT2D eigenvalue weighted by atomic mass is 32.2. The van der Waals surface area contributed by atoms with Crippen molar-refractivity contribution in [2.24, 2.45) is 0 Å². The number of tetrazole rings is 1. The number of ether oxygens (including phenoxy) is 1. The van der Waals surface area contributed by atoms with Gasteiger partial charge in [0.25, 0.3) is 0 Å². The summed E-state index contributed by atoms with van der Waals surface area (Å²) in [6, 6.07) is 22.1. The van der Waals surface area contributed by atoms with Gasteiger partial charge in [-0.25, -0.2) is 4.68 Å². The molecule has 0 saturated carbocycles. The topological polar surface area (TPSA) is 81.9 Å². The standard InChI is InChI=1S/C23H23N5O2S/c1-16(19-10-9-18-5-3-4-6-20(18)13-19)24-22(29)15-31-23-25-26-27-28(23)14-17-7-11-21(30-2)12-8-17/h3-13,16H,14-15H2,1-2H3,(H,24,29). The smallest absolute Gasteiger partial charge is 0.230 e. The average Bonchev–Trinajstić information content (AvgIpc) is 3.24. The molecule has 8 heteroatoms. The molecule has 0 spiro atoms. The van der Waals surface area contributed by atoms with Crippen LogP contribution in [0.1, 0.15) is 24.1 Å². The van der Waals surface area contributed by atoms with Gasteiger partial charge in [0.05, 0.1) is 25.4 Å². The van der Waals surface area contributed by atoms with Crippen molar-refractivity contribution in [3.05, 3.63) is 77.9 Å². The molecule has 1 heterocycles. The van der Waals surface area contributed by atoms with Gasteiger partial charge in [0.2, 0.25) is 11.1 Å². The number of hydrogen-bond acceptors (Lipinski definition) is 6. The molecule has 1 unspecified atom stereocenters. The fraction of sp³-hybridized carbons (Fsp3) is 0.217. The number of thioether (sulfide) groups is 1. The van der Waals surface area contributed by atoms with E-state index < -0.39 is 0 Å². The molecule has 4 rings (SSSR count). The summed E-state index contributed by atoms with van der Waals surface area (Å²) in [6.45, 7) is 2.51. The maximum atomic E-state index is 12.5. The lowest BCUT2D eigenvalue weighted by Gasteiger charge is -2.15. The third kappa shape index (κ3) is 5.21. The van der Waals surface area contributed by atoms with Crippen molar-refractivity contribution in [2.45, 2.75) is 24.7 Å². The van der Waals surface area contributed by atoms with Crippen LogP contribution < -0.4 is 10.1 Å². The molecule has 0 aliphatic heterocycles. The lowest BCUT2D eigenvalue weighted by atomic mass is 10.0. The number of carbonyl (C=O) groups is 1. The molecular weight excluding hydrogens is 410 g/mol. The van der Waals surface area contributed by atoms with Gasteiger partial charge in [0.15, 0.2) is 0 Å². The van der Waals surface area contributed by atoms with E-state index in [0.29, 0.717) is 11.7 Å². The molecule has 0 aliphatic rings. The van der Waals surface area contributed by atoms with Gasteiger partial charge in [-0.05, 0) is 57.4 Å². The maximum Gasteiger partial charge on any atom is 0.230 e. The van der Waals surface area contributed by atoms with Crippen LogP contribution in [0.25, 0.3) is 10.8 Å². The Hall–Kier alpha value is -3.39. The van der Waals surface area contributed by atoms with Crippen molar-refractivity contribution in [1.82, 2.24) is 25.5 Å². The Kier molecular flexibility index (Phi) is 6.47. The molecule has 0 saturated heterocycles. The van der Waals surface area contributed by atoms with Crippen molar-refractivity contribution in [3.63, 3.8) is 0 Å². The lowest BCUT2D eigenvalue weighted by molar-refractivity contribution is -0.119. The molecule has 0 aliphatic carbocycles. The molecule has 0 fully saturated rings. The molecule has 0 radical (unpaired) electrons. The van der Waals surface area contributed by atoms with Gasteiger partial charge in [-0.3, -0.25) is 4.79 Å². The second-order valence-electron chi connectivity index (χ2n) is 7.15. The van der Waals surface area contributed by atoms with Crippen molar-refractivity contribution in [1.29, 1.82) is 0 Å². The number of carbonyl (C=O) groups excluding carboxylic acids is 1. The van der Waals surface area contributed by atoms with E-state index in [1.165, 1.54) is 17.1 Å². The number of nitrogens with one attached hydrogen (secondary N) is 1. The Labute approximate surface area is 184 Å². The highest BCUT2D eigenvalue weighted by Gasteiger charge is 2.14. The lowest BCUT2D eigenvalue weighted by Crippen LogP contribution is -2.28. The van der Waals surface area contributed by atoms with Gasteiger partial charge in [0, 0.05) is 0 Å². The third-order valence-corrected chi connectivity index (χ3v) is 5.93. The van der Waals surface area contributed by atoms with Crippen molar-refractivity contribution in [2.75, 3.05) is 12.9 Å². The minimum atomic E-state index is -0.0898. The number of hydrogen-bond donors (Lipinski definition) is 1. The summed E-state index contributed by atoms with van der Waals surface area (Å²) in [5.74, 6) is 0.970. The first-order chi connectivity index (χ1) is 15.1. The van der Waals surface area contributed by atoms with Crippen LogP contribution in [0.15, 0.2) is 71.9 Å². The normalized spacial score (nSPS) is 11.9. The van der Waals surface area contributed by atoms with Crippen molar-refractivity contribution < 1.29 is 9.53 Å². The molecule has 1 N–H and O–H groups in total. The first-order valence-corrected chi connectivity index (χ1v) is 10.9. The van der Waals surface area contributed by atoms with Crippen molar-refractivity contribution >= 4 is 28.4 Å². The van der Waals surface area contributed by atoms with Crippen LogP contribution in [0, 0.1) is 0 Å². The molecular formula is C23H23N5O2S. The molecule has 1 atom stereocenters. The molecule has 0 bridgehead atoms. The Morgan fingerprint density at radius 1 is 1.10 bits per heavy atom. The minimum absolute atomic E-state index is 0.0651. The van der Waals surface area contributed by atoms with E-state index in [-0.39, 0.29) is 17.7 Å². The van der Waals surface area contributed by atoms with E-state index in [9.17, 15) is 4.79 Å². The number of rotatable bonds is 8. The molecule has 1 amide bonds. The number of methoxy groups -OCH3 is 1. The first kappa shape index (κ1) is 20.9. The maximum absolute atomic E-state index is 12.5. The van der Waals surface area contributed by atoms with Crippen LogP contribution in [0.3, 0.4) is 0 Å². The fourth-order valence-electron chi connectivity index (χ4n) is 3.28. The van der Waals surface area contributed by atoms with Gasteiger partial charge in [-0.2, -0.15) is 0 Å². The average molecular weight is 434 g/mol. The summed E-state index contributed by atoms with van der Waals surface area (Å²) in [6.07, 6.45) is 0. The summed E-state index contributed by atoms with van der Waals surface area (Å²) >= 11 is 1.32. The van der Waals surface area contributed by atoms with Gasteiger partial charge in [0.1, 0.15) is 5.75 Å². The minimum Gasteiger partial charge on any atom is -0.497 e. The summed E-state index contributed by atoms with van der Waals surface area (Å²) in [7, 11) is 1.64. The molecule has 3 aromatic carbocycles. The summed E-state index contributed by atoms with van der Waals surface area (Å²) in [5, 5.41) is 17.8. The van der Waals surface area contributed by atoms with E-state index in [1.807, 2.05) is 43.3 Å². The van der Waals surface area contributed by atoms with E-state index in [1.54, 1.807) is 11.8 Å². The van der Waals surface area contributed by atoms with Crippen LogP contribution in [-0.4, -0.2) is 39.0 Å². The Morgan fingerprint density at radius 2 is 1.87 bits per heavy atom. The second kappa shape index (κ2) is 9.61. The largest absolute Gasteiger partial charge is 0.497 e. The van der Waals surface area contributed by atoms with Gasteiger partial charge in [-0.1, -0.05) is 60.3 Å². The molecule has 1 aromatic heterocycles.